The van der Waals surface area contributed by atoms with Gasteiger partial charge in [0, 0.05) is 30.6 Å². The number of hydrogen-bond acceptors (Lipinski definition) is 4. The van der Waals surface area contributed by atoms with Gasteiger partial charge in [-0.2, -0.15) is 0 Å². The minimum absolute atomic E-state index is 0. The molecule has 0 aliphatic carbocycles. The maximum Gasteiger partial charge on any atom is 0.221 e. The fourth-order valence-electron chi connectivity index (χ4n) is 2.24. The highest BCUT2D eigenvalue weighted by Gasteiger charge is 2.16. The van der Waals surface area contributed by atoms with Crippen molar-refractivity contribution in [1.29, 1.82) is 0 Å². The first-order valence-corrected chi connectivity index (χ1v) is 7.47. The third-order valence-electron chi connectivity index (χ3n) is 3.41. The molecule has 1 heterocycles. The van der Waals surface area contributed by atoms with Gasteiger partial charge in [-0.25, -0.2) is 0 Å². The van der Waals surface area contributed by atoms with E-state index < -0.39 is 0 Å². The summed E-state index contributed by atoms with van der Waals surface area (Å²) in [5.74, 6) is 0.763. The first-order chi connectivity index (χ1) is 10.2. The molecule has 0 bridgehead atoms. The Morgan fingerprint density at radius 3 is 3.00 bits per heavy atom. The van der Waals surface area contributed by atoms with E-state index >= 15 is 0 Å². The number of ether oxygens (including phenoxy) is 2. The summed E-state index contributed by atoms with van der Waals surface area (Å²) in [7, 11) is 1.61. The zero-order valence-corrected chi connectivity index (χ0v) is 14.1. The summed E-state index contributed by atoms with van der Waals surface area (Å²) < 4.78 is 10.4. The predicted molar refractivity (Wildman–Crippen MR) is 89.2 cm³/mol. The third-order valence-corrected chi connectivity index (χ3v) is 3.76. The van der Waals surface area contributed by atoms with Crippen molar-refractivity contribution < 1.29 is 14.3 Å². The minimum atomic E-state index is 0. The molecule has 0 radical (unpaired) electrons. The van der Waals surface area contributed by atoms with Gasteiger partial charge in [-0.1, -0.05) is 17.7 Å². The van der Waals surface area contributed by atoms with Crippen molar-refractivity contribution in [3.8, 4) is 5.75 Å². The van der Waals surface area contributed by atoms with Crippen molar-refractivity contribution in [2.75, 3.05) is 33.4 Å². The average Bonchev–Trinajstić information content (AvgIpc) is 2.50. The monoisotopic (exact) mass is 348 g/mol. The maximum absolute atomic E-state index is 11.8. The summed E-state index contributed by atoms with van der Waals surface area (Å²) in [6.07, 6.45) is 1.14. The number of amides is 1. The van der Waals surface area contributed by atoms with Crippen LogP contribution in [0.25, 0.3) is 0 Å². The van der Waals surface area contributed by atoms with Gasteiger partial charge in [-0.3, -0.25) is 4.79 Å². The molecule has 0 aromatic heterocycles. The molecule has 7 heteroatoms. The van der Waals surface area contributed by atoms with E-state index in [2.05, 4.69) is 10.6 Å². The Morgan fingerprint density at radius 2 is 2.36 bits per heavy atom. The van der Waals surface area contributed by atoms with Gasteiger partial charge < -0.3 is 20.1 Å². The Bertz CT molecular complexity index is 480. The molecule has 1 aliphatic heterocycles. The van der Waals surface area contributed by atoms with Crippen LogP contribution in [0.1, 0.15) is 12.0 Å². The van der Waals surface area contributed by atoms with Gasteiger partial charge in [0.15, 0.2) is 0 Å². The maximum atomic E-state index is 11.8. The van der Waals surface area contributed by atoms with Crippen LogP contribution < -0.4 is 15.4 Å². The molecular formula is C15H22Cl2N2O3. The van der Waals surface area contributed by atoms with Crippen LogP contribution in [0.4, 0.5) is 0 Å². The number of nitrogens with one attached hydrogen (secondary N) is 2. The Morgan fingerprint density at radius 1 is 1.55 bits per heavy atom. The van der Waals surface area contributed by atoms with E-state index in [0.717, 1.165) is 17.9 Å². The van der Waals surface area contributed by atoms with Gasteiger partial charge in [-0.15, -0.1) is 12.4 Å². The summed E-state index contributed by atoms with van der Waals surface area (Å²) in [5.41, 5.74) is 0.997. The molecule has 1 atom stereocenters. The minimum Gasteiger partial charge on any atom is -0.497 e. The molecule has 1 saturated heterocycles. The molecule has 1 aromatic carbocycles. The lowest BCUT2D eigenvalue weighted by Crippen LogP contribution is -2.44. The molecule has 1 amide bonds. The second-order valence-electron chi connectivity index (χ2n) is 4.99. The summed E-state index contributed by atoms with van der Waals surface area (Å²) in [5, 5.41) is 6.83. The summed E-state index contributed by atoms with van der Waals surface area (Å²) in [4.78, 5) is 11.8. The Labute approximate surface area is 142 Å². The van der Waals surface area contributed by atoms with Crippen LogP contribution in [-0.4, -0.2) is 45.4 Å². The van der Waals surface area contributed by atoms with Gasteiger partial charge in [0.05, 0.1) is 20.3 Å². The topological polar surface area (TPSA) is 59.6 Å². The molecule has 1 fully saturated rings. The normalized spacial score (nSPS) is 17.5. The van der Waals surface area contributed by atoms with Crippen LogP contribution in [0.3, 0.4) is 0 Å². The van der Waals surface area contributed by atoms with E-state index in [4.69, 9.17) is 21.1 Å². The Hall–Kier alpha value is -1.01. The smallest absolute Gasteiger partial charge is 0.221 e. The molecule has 1 unspecified atom stereocenters. The number of halogens is 2. The number of rotatable bonds is 6. The van der Waals surface area contributed by atoms with E-state index in [1.165, 1.54) is 0 Å². The number of hydrogen-bond donors (Lipinski definition) is 2. The molecule has 1 aliphatic rings. The van der Waals surface area contributed by atoms with E-state index in [1.54, 1.807) is 13.2 Å². The number of methoxy groups -OCH3 is 1. The highest BCUT2D eigenvalue weighted by molar-refractivity contribution is 6.31. The van der Waals surface area contributed by atoms with Crippen molar-refractivity contribution in [2.24, 2.45) is 0 Å². The van der Waals surface area contributed by atoms with Gasteiger partial charge in [-0.05, 0) is 24.1 Å². The molecule has 0 spiro atoms. The van der Waals surface area contributed by atoms with Crippen molar-refractivity contribution in [1.82, 2.24) is 10.6 Å². The molecule has 0 saturated carbocycles. The van der Waals surface area contributed by atoms with Crippen LogP contribution in [0.2, 0.25) is 5.02 Å². The standard InChI is InChI=1S/C15H21ClN2O3.ClH/c1-20-13-3-2-11(14(16)9-13)4-5-18-15(19)8-12-10-21-7-6-17-12;/h2-3,9,12,17H,4-8,10H2,1H3,(H,18,19);1H. The fraction of sp³-hybridized carbons (Fsp3) is 0.533. The predicted octanol–water partition coefficient (Wildman–Crippen LogP) is 1.81. The molecule has 22 heavy (non-hydrogen) atoms. The van der Waals surface area contributed by atoms with E-state index in [-0.39, 0.29) is 24.4 Å². The fourth-order valence-corrected chi connectivity index (χ4v) is 2.51. The SMILES string of the molecule is COc1ccc(CCNC(=O)CC2COCCN2)c(Cl)c1.Cl. The molecule has 124 valence electrons. The quantitative estimate of drug-likeness (QED) is 0.822. The van der Waals surface area contributed by atoms with Crippen molar-refractivity contribution in [3.05, 3.63) is 28.8 Å². The van der Waals surface area contributed by atoms with Crippen LogP contribution in [0.5, 0.6) is 5.75 Å². The van der Waals surface area contributed by atoms with Gasteiger partial charge >= 0.3 is 0 Å². The van der Waals surface area contributed by atoms with Crippen LogP contribution in [0, 0.1) is 0 Å². The first kappa shape index (κ1) is 19.0. The first-order valence-electron chi connectivity index (χ1n) is 7.09. The molecular weight excluding hydrogens is 327 g/mol. The lowest BCUT2D eigenvalue weighted by Gasteiger charge is -2.23. The zero-order chi connectivity index (χ0) is 15.1. The van der Waals surface area contributed by atoms with Crippen LogP contribution >= 0.6 is 24.0 Å². The number of morpholine rings is 1. The molecule has 1 aromatic rings. The lowest BCUT2D eigenvalue weighted by molar-refractivity contribution is -0.122. The summed E-state index contributed by atoms with van der Waals surface area (Å²) in [6.45, 7) is 2.68. The molecule has 2 N–H and O–H groups in total. The number of carbonyl (C=O) groups is 1. The van der Waals surface area contributed by atoms with Crippen molar-refractivity contribution >= 4 is 29.9 Å². The second-order valence-corrected chi connectivity index (χ2v) is 5.39. The largest absolute Gasteiger partial charge is 0.497 e. The highest BCUT2D eigenvalue weighted by Crippen LogP contribution is 2.22. The van der Waals surface area contributed by atoms with Crippen molar-refractivity contribution in [3.63, 3.8) is 0 Å². The Balaban J connectivity index is 0.00000242. The van der Waals surface area contributed by atoms with E-state index in [9.17, 15) is 4.79 Å². The molecule has 2 rings (SSSR count). The second kappa shape index (κ2) is 9.90. The van der Waals surface area contributed by atoms with Crippen LogP contribution in [-0.2, 0) is 16.0 Å². The van der Waals surface area contributed by atoms with Gasteiger partial charge in [0.2, 0.25) is 5.91 Å². The van der Waals surface area contributed by atoms with Gasteiger partial charge in [0.25, 0.3) is 0 Å². The average molecular weight is 349 g/mol. The van der Waals surface area contributed by atoms with E-state index in [0.29, 0.717) is 37.6 Å². The Kier molecular flexibility index (Phi) is 8.56. The summed E-state index contributed by atoms with van der Waals surface area (Å²) >= 11 is 6.16. The summed E-state index contributed by atoms with van der Waals surface area (Å²) in [6, 6.07) is 5.68. The number of carbonyl (C=O) groups excluding carboxylic acids is 1. The van der Waals surface area contributed by atoms with Gasteiger partial charge in [0.1, 0.15) is 5.75 Å². The lowest BCUT2D eigenvalue weighted by atomic mass is 10.1. The van der Waals surface area contributed by atoms with E-state index in [1.807, 2.05) is 12.1 Å². The third kappa shape index (κ3) is 6.01. The molecule has 5 nitrogen and oxygen atoms in total. The van der Waals surface area contributed by atoms with Crippen molar-refractivity contribution in [2.45, 2.75) is 18.9 Å². The highest BCUT2D eigenvalue weighted by atomic mass is 35.5. The van der Waals surface area contributed by atoms with Crippen LogP contribution in [0.15, 0.2) is 18.2 Å². The number of benzene rings is 1. The zero-order valence-electron chi connectivity index (χ0n) is 12.6.